The van der Waals surface area contributed by atoms with Crippen LogP contribution in [0.25, 0.3) is 0 Å². The van der Waals surface area contributed by atoms with E-state index in [0.29, 0.717) is 10.8 Å². The summed E-state index contributed by atoms with van der Waals surface area (Å²) in [6, 6.07) is 4.28. The van der Waals surface area contributed by atoms with Gasteiger partial charge in [-0.1, -0.05) is 17.8 Å². The Labute approximate surface area is 132 Å². The number of hydrogen-bond donors (Lipinski definition) is 1. The van der Waals surface area contributed by atoms with E-state index in [1.165, 1.54) is 23.9 Å². The molecule has 118 valence electrons. The lowest BCUT2D eigenvalue weighted by Gasteiger charge is -2.19. The fraction of sp³-hybridized carbons (Fsp3) is 0.429. The summed E-state index contributed by atoms with van der Waals surface area (Å²) in [6.45, 7) is 7.74. The Hall–Kier alpha value is -1.96. The largest absolute Gasteiger partial charge is 0.325 e. The Morgan fingerprint density at radius 2 is 2.14 bits per heavy atom. The van der Waals surface area contributed by atoms with E-state index >= 15 is 0 Å². The number of benzene rings is 1. The first-order valence-electron chi connectivity index (χ1n) is 6.75. The third-order valence-electron chi connectivity index (χ3n) is 2.88. The van der Waals surface area contributed by atoms with Gasteiger partial charge in [-0.3, -0.25) is 4.79 Å². The first-order valence-corrected chi connectivity index (χ1v) is 7.73. The quantitative estimate of drug-likeness (QED) is 0.876. The Morgan fingerprint density at radius 1 is 1.41 bits per heavy atom. The SMILES string of the molecule is Cc1ccc(F)cc1NC(=O)CSc1nnnn1C(C)(C)C. The predicted octanol–water partition coefficient (Wildman–Crippen LogP) is 2.61. The van der Waals surface area contributed by atoms with Crippen molar-refractivity contribution in [3.8, 4) is 0 Å². The minimum atomic E-state index is -0.384. The Bertz CT molecular complexity index is 680. The predicted molar refractivity (Wildman–Crippen MR) is 83.3 cm³/mol. The maximum Gasteiger partial charge on any atom is 0.234 e. The molecule has 22 heavy (non-hydrogen) atoms. The van der Waals surface area contributed by atoms with Gasteiger partial charge in [-0.25, -0.2) is 9.07 Å². The normalized spacial score (nSPS) is 11.5. The standard InChI is InChI=1S/C14H18FN5OS/c1-9-5-6-10(15)7-11(9)16-12(21)8-22-13-17-18-19-20(13)14(2,3)4/h5-7H,8H2,1-4H3,(H,16,21). The number of rotatable bonds is 4. The summed E-state index contributed by atoms with van der Waals surface area (Å²) < 4.78 is 14.9. The van der Waals surface area contributed by atoms with Crippen LogP contribution in [0, 0.1) is 12.7 Å². The summed E-state index contributed by atoms with van der Waals surface area (Å²) in [5.41, 5.74) is 1.02. The summed E-state index contributed by atoms with van der Waals surface area (Å²) in [5.74, 6) is -0.473. The van der Waals surface area contributed by atoms with Gasteiger partial charge < -0.3 is 5.32 Å². The van der Waals surface area contributed by atoms with Crippen molar-refractivity contribution in [3.63, 3.8) is 0 Å². The summed E-state index contributed by atoms with van der Waals surface area (Å²) >= 11 is 1.24. The number of halogens is 1. The van der Waals surface area contributed by atoms with Gasteiger partial charge in [0, 0.05) is 5.69 Å². The lowest BCUT2D eigenvalue weighted by atomic mass is 10.1. The fourth-order valence-corrected chi connectivity index (χ4v) is 2.59. The van der Waals surface area contributed by atoms with E-state index in [1.54, 1.807) is 10.7 Å². The number of aryl methyl sites for hydroxylation is 1. The molecule has 1 N–H and O–H groups in total. The van der Waals surface area contributed by atoms with E-state index in [0.717, 1.165) is 5.56 Å². The summed E-state index contributed by atoms with van der Waals surface area (Å²) in [5, 5.41) is 14.7. The third-order valence-corrected chi connectivity index (χ3v) is 3.80. The first kappa shape index (κ1) is 16.4. The summed E-state index contributed by atoms with van der Waals surface area (Å²) in [7, 11) is 0. The molecule has 0 saturated heterocycles. The number of nitrogens with one attached hydrogen (secondary N) is 1. The van der Waals surface area contributed by atoms with Crippen LogP contribution in [-0.2, 0) is 10.3 Å². The molecule has 0 saturated carbocycles. The molecular weight excluding hydrogens is 305 g/mol. The minimum Gasteiger partial charge on any atom is -0.325 e. The molecule has 0 aliphatic carbocycles. The number of nitrogens with zero attached hydrogens (tertiary/aromatic N) is 4. The molecule has 0 fully saturated rings. The fourth-order valence-electron chi connectivity index (χ4n) is 1.74. The van der Waals surface area contributed by atoms with Crippen molar-refractivity contribution < 1.29 is 9.18 Å². The second-order valence-electron chi connectivity index (χ2n) is 5.84. The number of anilines is 1. The molecule has 2 aromatic rings. The second-order valence-corrected chi connectivity index (χ2v) is 6.78. The average Bonchev–Trinajstić information content (AvgIpc) is 2.89. The van der Waals surface area contributed by atoms with Crippen molar-refractivity contribution in [2.24, 2.45) is 0 Å². The van der Waals surface area contributed by atoms with Gasteiger partial charge in [0.05, 0.1) is 11.3 Å². The first-order chi connectivity index (χ1) is 10.3. The molecule has 0 spiro atoms. The van der Waals surface area contributed by atoms with Crippen molar-refractivity contribution >= 4 is 23.4 Å². The van der Waals surface area contributed by atoms with Gasteiger partial charge in [0.1, 0.15) is 5.82 Å². The van der Waals surface area contributed by atoms with Gasteiger partial charge in [0.2, 0.25) is 11.1 Å². The van der Waals surface area contributed by atoms with Crippen molar-refractivity contribution in [1.82, 2.24) is 20.2 Å². The zero-order valence-electron chi connectivity index (χ0n) is 12.9. The number of aromatic nitrogens is 4. The molecule has 8 heteroatoms. The maximum atomic E-state index is 13.2. The van der Waals surface area contributed by atoms with Crippen LogP contribution in [0.1, 0.15) is 26.3 Å². The molecule has 1 heterocycles. The van der Waals surface area contributed by atoms with Crippen LogP contribution in [0.2, 0.25) is 0 Å². The van der Waals surface area contributed by atoms with Crippen LogP contribution in [0.5, 0.6) is 0 Å². The van der Waals surface area contributed by atoms with Crippen molar-refractivity contribution in [2.75, 3.05) is 11.1 Å². The van der Waals surface area contributed by atoms with Gasteiger partial charge in [0.15, 0.2) is 0 Å². The van der Waals surface area contributed by atoms with Crippen LogP contribution >= 0.6 is 11.8 Å². The monoisotopic (exact) mass is 323 g/mol. The highest BCUT2D eigenvalue weighted by atomic mass is 32.2. The van der Waals surface area contributed by atoms with E-state index in [1.807, 2.05) is 27.7 Å². The van der Waals surface area contributed by atoms with Crippen LogP contribution in [0.4, 0.5) is 10.1 Å². The van der Waals surface area contributed by atoms with Crippen LogP contribution in [0.15, 0.2) is 23.4 Å². The number of amides is 1. The van der Waals surface area contributed by atoms with E-state index in [2.05, 4.69) is 20.8 Å². The van der Waals surface area contributed by atoms with Gasteiger partial charge in [-0.15, -0.1) is 5.10 Å². The lowest BCUT2D eigenvalue weighted by molar-refractivity contribution is -0.113. The van der Waals surface area contributed by atoms with Crippen LogP contribution in [-0.4, -0.2) is 31.9 Å². The van der Waals surface area contributed by atoms with Crippen molar-refractivity contribution in [3.05, 3.63) is 29.6 Å². The van der Waals surface area contributed by atoms with Gasteiger partial charge in [0.25, 0.3) is 0 Å². The highest BCUT2D eigenvalue weighted by molar-refractivity contribution is 7.99. The van der Waals surface area contributed by atoms with E-state index in [9.17, 15) is 9.18 Å². The highest BCUT2D eigenvalue weighted by Crippen LogP contribution is 2.22. The molecule has 1 aromatic carbocycles. The zero-order chi connectivity index (χ0) is 16.3. The topological polar surface area (TPSA) is 72.7 Å². The number of hydrogen-bond acceptors (Lipinski definition) is 5. The van der Waals surface area contributed by atoms with Gasteiger partial charge in [-0.2, -0.15) is 0 Å². The Kier molecular flexibility index (Phi) is 4.80. The zero-order valence-corrected chi connectivity index (χ0v) is 13.7. The lowest BCUT2D eigenvalue weighted by Crippen LogP contribution is -2.24. The van der Waals surface area contributed by atoms with Gasteiger partial charge >= 0.3 is 0 Å². The second kappa shape index (κ2) is 6.43. The Morgan fingerprint density at radius 3 is 2.82 bits per heavy atom. The smallest absolute Gasteiger partial charge is 0.234 e. The van der Waals surface area contributed by atoms with E-state index < -0.39 is 0 Å². The molecular formula is C14H18FN5OS. The molecule has 0 unspecified atom stereocenters. The van der Waals surface area contributed by atoms with Crippen molar-refractivity contribution in [2.45, 2.75) is 38.4 Å². The minimum absolute atomic E-state index is 0.145. The van der Waals surface area contributed by atoms with Gasteiger partial charge in [-0.05, 0) is 55.8 Å². The summed E-state index contributed by atoms with van der Waals surface area (Å²) in [4.78, 5) is 12.0. The average molecular weight is 323 g/mol. The Balaban J connectivity index is 1.99. The molecule has 6 nitrogen and oxygen atoms in total. The summed E-state index contributed by atoms with van der Waals surface area (Å²) in [6.07, 6.45) is 0. The van der Waals surface area contributed by atoms with E-state index in [-0.39, 0.29) is 23.0 Å². The van der Waals surface area contributed by atoms with Crippen LogP contribution < -0.4 is 5.32 Å². The molecule has 0 aliphatic rings. The number of carbonyl (C=O) groups excluding carboxylic acids is 1. The van der Waals surface area contributed by atoms with E-state index in [4.69, 9.17) is 0 Å². The number of carbonyl (C=O) groups is 1. The van der Waals surface area contributed by atoms with Crippen molar-refractivity contribution in [1.29, 1.82) is 0 Å². The highest BCUT2D eigenvalue weighted by Gasteiger charge is 2.20. The number of tetrazole rings is 1. The van der Waals surface area contributed by atoms with Crippen LogP contribution in [0.3, 0.4) is 0 Å². The number of thioether (sulfide) groups is 1. The maximum absolute atomic E-state index is 13.2. The molecule has 0 aliphatic heterocycles. The third kappa shape index (κ3) is 4.03. The molecule has 2 rings (SSSR count). The molecule has 1 aromatic heterocycles. The molecule has 0 radical (unpaired) electrons. The molecule has 0 bridgehead atoms. The molecule has 1 amide bonds. The molecule has 0 atom stereocenters.